The van der Waals surface area contributed by atoms with Gasteiger partial charge in [0.25, 0.3) is 0 Å². The maximum Gasteiger partial charge on any atom is 0.309 e. The van der Waals surface area contributed by atoms with Crippen molar-refractivity contribution in [2.24, 2.45) is 11.8 Å². The smallest absolute Gasteiger partial charge is 0.309 e. The van der Waals surface area contributed by atoms with Crippen molar-refractivity contribution in [3.05, 3.63) is 0 Å². The van der Waals surface area contributed by atoms with Crippen LogP contribution in [0, 0.1) is 11.8 Å². The van der Waals surface area contributed by atoms with Gasteiger partial charge in [-0.15, -0.1) is 0 Å². The summed E-state index contributed by atoms with van der Waals surface area (Å²) in [6, 6.07) is 0. The largest absolute Gasteiger partial charge is 0.465 e. The van der Waals surface area contributed by atoms with E-state index >= 15 is 0 Å². The van der Waals surface area contributed by atoms with Crippen LogP contribution in [-0.4, -0.2) is 18.4 Å². The normalized spacial score (nSPS) is 12.6. The Balaban J connectivity index is 4.11. The van der Waals surface area contributed by atoms with Gasteiger partial charge >= 0.3 is 5.97 Å². The Morgan fingerprint density at radius 3 is 2.27 bits per heavy atom. The van der Waals surface area contributed by atoms with Crippen LogP contribution in [-0.2, 0) is 14.3 Å². The first-order chi connectivity index (χ1) is 6.99. The van der Waals surface area contributed by atoms with Crippen molar-refractivity contribution >= 4 is 11.8 Å². The zero-order chi connectivity index (χ0) is 11.8. The fraction of sp³-hybridized carbons (Fsp3) is 0.833. The van der Waals surface area contributed by atoms with Crippen LogP contribution in [0.25, 0.3) is 0 Å². The Labute approximate surface area is 92.2 Å². The van der Waals surface area contributed by atoms with Gasteiger partial charge in [-0.1, -0.05) is 27.2 Å². The predicted octanol–water partition coefficient (Wildman–Crippen LogP) is 2.58. The van der Waals surface area contributed by atoms with E-state index in [4.69, 9.17) is 4.74 Å². The molecule has 0 aromatic carbocycles. The quantitative estimate of drug-likeness (QED) is 0.483. The fourth-order valence-electron chi connectivity index (χ4n) is 1.33. The minimum Gasteiger partial charge on any atom is -0.465 e. The van der Waals surface area contributed by atoms with E-state index in [0.717, 1.165) is 12.8 Å². The third-order valence-corrected chi connectivity index (χ3v) is 2.36. The maximum absolute atomic E-state index is 11.6. The van der Waals surface area contributed by atoms with E-state index in [2.05, 4.69) is 0 Å². The highest BCUT2D eigenvalue weighted by Gasteiger charge is 2.24. The lowest BCUT2D eigenvalue weighted by Gasteiger charge is -2.17. The molecule has 88 valence electrons. The summed E-state index contributed by atoms with van der Waals surface area (Å²) in [5, 5.41) is 0. The lowest BCUT2D eigenvalue weighted by Crippen LogP contribution is -2.25. The van der Waals surface area contributed by atoms with E-state index < -0.39 is 0 Å². The van der Waals surface area contributed by atoms with E-state index in [-0.39, 0.29) is 23.6 Å². The summed E-state index contributed by atoms with van der Waals surface area (Å²) >= 11 is 0. The van der Waals surface area contributed by atoms with Gasteiger partial charge in [0.1, 0.15) is 5.78 Å². The molecule has 0 saturated heterocycles. The first-order valence-corrected chi connectivity index (χ1v) is 5.65. The molecule has 0 aliphatic rings. The Bertz CT molecular complexity index is 209. The number of Topliss-reactive ketones (excluding diaryl/α,β-unsaturated/α-hetero) is 1. The third kappa shape index (κ3) is 6.26. The Kier molecular flexibility index (Phi) is 7.01. The molecule has 0 radical (unpaired) electrons. The molecule has 0 saturated carbocycles. The highest BCUT2D eigenvalue weighted by Crippen LogP contribution is 2.17. The Morgan fingerprint density at radius 1 is 1.27 bits per heavy atom. The van der Waals surface area contributed by atoms with Crippen LogP contribution >= 0.6 is 0 Å². The molecule has 0 spiro atoms. The number of esters is 1. The summed E-state index contributed by atoms with van der Waals surface area (Å²) < 4.78 is 5.12. The van der Waals surface area contributed by atoms with Gasteiger partial charge in [-0.25, -0.2) is 0 Å². The number of ether oxygens (including phenoxy) is 1. The van der Waals surface area contributed by atoms with Crippen LogP contribution < -0.4 is 0 Å². The lowest BCUT2D eigenvalue weighted by atomic mass is 9.91. The zero-order valence-corrected chi connectivity index (χ0v) is 10.2. The van der Waals surface area contributed by atoms with Crippen molar-refractivity contribution in [1.29, 1.82) is 0 Å². The van der Waals surface area contributed by atoms with Crippen LogP contribution in [0.4, 0.5) is 0 Å². The molecule has 0 aliphatic carbocycles. The SMILES string of the molecule is CCCCOC(=O)C(CC(C)=O)C(C)C. The average molecular weight is 214 g/mol. The van der Waals surface area contributed by atoms with E-state index in [1.165, 1.54) is 6.92 Å². The molecule has 0 bridgehead atoms. The molecule has 0 rings (SSSR count). The van der Waals surface area contributed by atoms with Crippen molar-refractivity contribution in [1.82, 2.24) is 0 Å². The lowest BCUT2D eigenvalue weighted by molar-refractivity contribution is -0.151. The molecule has 0 fully saturated rings. The Morgan fingerprint density at radius 2 is 1.87 bits per heavy atom. The van der Waals surface area contributed by atoms with Crippen LogP contribution in [0.5, 0.6) is 0 Å². The number of carbonyl (C=O) groups is 2. The summed E-state index contributed by atoms with van der Waals surface area (Å²) in [4.78, 5) is 22.6. The molecule has 0 aromatic heterocycles. The molecule has 0 aromatic rings. The van der Waals surface area contributed by atoms with Gasteiger partial charge in [0.05, 0.1) is 12.5 Å². The van der Waals surface area contributed by atoms with E-state index in [1.807, 2.05) is 20.8 Å². The molecule has 3 heteroatoms. The predicted molar refractivity (Wildman–Crippen MR) is 59.5 cm³/mol. The first kappa shape index (κ1) is 14.1. The van der Waals surface area contributed by atoms with Crippen molar-refractivity contribution in [2.75, 3.05) is 6.61 Å². The molecule has 0 aliphatic heterocycles. The van der Waals surface area contributed by atoms with Gasteiger partial charge in [-0.3, -0.25) is 4.79 Å². The molecule has 15 heavy (non-hydrogen) atoms. The number of rotatable bonds is 7. The second-order valence-electron chi connectivity index (χ2n) is 4.28. The molecular formula is C12H22O3. The van der Waals surface area contributed by atoms with Gasteiger partial charge in [0.15, 0.2) is 0 Å². The van der Waals surface area contributed by atoms with Gasteiger partial charge in [0.2, 0.25) is 0 Å². The molecule has 1 unspecified atom stereocenters. The monoisotopic (exact) mass is 214 g/mol. The van der Waals surface area contributed by atoms with Crippen molar-refractivity contribution in [3.63, 3.8) is 0 Å². The summed E-state index contributed by atoms with van der Waals surface area (Å²) in [7, 11) is 0. The third-order valence-electron chi connectivity index (χ3n) is 2.36. The van der Waals surface area contributed by atoms with Crippen LogP contribution in [0.2, 0.25) is 0 Å². The van der Waals surface area contributed by atoms with Gasteiger partial charge in [0, 0.05) is 6.42 Å². The minimum absolute atomic E-state index is 0.0427. The summed E-state index contributed by atoms with van der Waals surface area (Å²) in [6.45, 7) is 7.90. The number of unbranched alkanes of at least 4 members (excludes halogenated alkanes) is 1. The van der Waals surface area contributed by atoms with Gasteiger partial charge < -0.3 is 9.53 Å². The molecule has 0 N–H and O–H groups in total. The number of carbonyl (C=O) groups excluding carboxylic acids is 2. The summed E-state index contributed by atoms with van der Waals surface area (Å²) in [5.41, 5.74) is 0. The van der Waals surface area contributed by atoms with Crippen molar-refractivity contribution in [3.8, 4) is 0 Å². The summed E-state index contributed by atoms with van der Waals surface area (Å²) in [6.07, 6.45) is 2.19. The van der Waals surface area contributed by atoms with E-state index in [1.54, 1.807) is 0 Å². The standard InChI is InChI=1S/C12H22O3/c1-5-6-7-15-12(14)11(9(2)3)8-10(4)13/h9,11H,5-8H2,1-4H3. The molecule has 0 heterocycles. The fourth-order valence-corrected chi connectivity index (χ4v) is 1.33. The van der Waals surface area contributed by atoms with E-state index in [0.29, 0.717) is 13.0 Å². The molecule has 0 amide bonds. The number of hydrogen-bond donors (Lipinski definition) is 0. The second kappa shape index (κ2) is 7.43. The average Bonchev–Trinajstić information content (AvgIpc) is 2.13. The van der Waals surface area contributed by atoms with Crippen molar-refractivity contribution < 1.29 is 14.3 Å². The zero-order valence-electron chi connectivity index (χ0n) is 10.2. The summed E-state index contributed by atoms with van der Waals surface area (Å²) in [5.74, 6) is -0.308. The Hall–Kier alpha value is -0.860. The second-order valence-corrected chi connectivity index (χ2v) is 4.28. The van der Waals surface area contributed by atoms with Gasteiger partial charge in [-0.2, -0.15) is 0 Å². The van der Waals surface area contributed by atoms with Crippen LogP contribution in [0.15, 0.2) is 0 Å². The number of hydrogen-bond acceptors (Lipinski definition) is 3. The van der Waals surface area contributed by atoms with Crippen LogP contribution in [0.3, 0.4) is 0 Å². The minimum atomic E-state index is -0.278. The highest BCUT2D eigenvalue weighted by atomic mass is 16.5. The van der Waals surface area contributed by atoms with Gasteiger partial charge in [-0.05, 0) is 19.3 Å². The first-order valence-electron chi connectivity index (χ1n) is 5.65. The topological polar surface area (TPSA) is 43.4 Å². The molecular weight excluding hydrogens is 192 g/mol. The highest BCUT2D eigenvalue weighted by molar-refractivity contribution is 5.82. The number of ketones is 1. The van der Waals surface area contributed by atoms with Crippen LogP contribution in [0.1, 0.15) is 47.0 Å². The van der Waals surface area contributed by atoms with Crippen molar-refractivity contribution in [2.45, 2.75) is 47.0 Å². The molecule has 1 atom stereocenters. The van der Waals surface area contributed by atoms with E-state index in [9.17, 15) is 9.59 Å². The maximum atomic E-state index is 11.6. The molecule has 3 nitrogen and oxygen atoms in total.